The number of thiophene rings is 1. The van der Waals surface area contributed by atoms with Crippen LogP contribution >= 0.6 is 11.3 Å². The number of para-hydroxylation sites is 2. The highest BCUT2D eigenvalue weighted by molar-refractivity contribution is 7.10. The van der Waals surface area contributed by atoms with Crippen LogP contribution < -0.4 is 10.1 Å². The molecule has 0 fully saturated rings. The standard InChI is InChI=1S/C14H13NO4S/c16-13(8-10-4-3-7-20-10)15-11-5-1-2-6-12(11)19-9-14(17)18/h1-7H,8-9H2,(H,15,16)(H,17,18). The lowest BCUT2D eigenvalue weighted by molar-refractivity contribution is -0.139. The molecule has 1 aromatic heterocycles. The average molecular weight is 291 g/mol. The summed E-state index contributed by atoms with van der Waals surface area (Å²) in [6, 6.07) is 10.5. The fraction of sp³-hybridized carbons (Fsp3) is 0.143. The van der Waals surface area contributed by atoms with Crippen LogP contribution in [0.5, 0.6) is 5.75 Å². The second-order valence-corrected chi connectivity index (χ2v) is 5.02. The Balaban J connectivity index is 2.01. The van der Waals surface area contributed by atoms with Crippen molar-refractivity contribution in [3.63, 3.8) is 0 Å². The molecule has 0 aliphatic heterocycles. The Kier molecular flexibility index (Phi) is 4.73. The number of hydrogen-bond acceptors (Lipinski definition) is 4. The average Bonchev–Trinajstić information content (AvgIpc) is 2.90. The molecule has 0 bridgehead atoms. The van der Waals surface area contributed by atoms with Crippen LogP contribution in [0.4, 0.5) is 5.69 Å². The van der Waals surface area contributed by atoms with E-state index in [9.17, 15) is 9.59 Å². The first-order valence-electron chi connectivity index (χ1n) is 5.91. The minimum absolute atomic E-state index is 0.168. The lowest BCUT2D eigenvalue weighted by Crippen LogP contribution is -2.16. The van der Waals surface area contributed by atoms with Gasteiger partial charge in [-0.05, 0) is 23.6 Å². The summed E-state index contributed by atoms with van der Waals surface area (Å²) in [5, 5.41) is 13.2. The van der Waals surface area contributed by atoms with Gasteiger partial charge in [0.05, 0.1) is 12.1 Å². The molecule has 0 saturated heterocycles. The molecule has 0 unspecified atom stereocenters. The normalized spacial score (nSPS) is 10.0. The molecule has 5 nitrogen and oxygen atoms in total. The fourth-order valence-electron chi connectivity index (χ4n) is 1.60. The van der Waals surface area contributed by atoms with Gasteiger partial charge in [0.2, 0.25) is 5.91 Å². The van der Waals surface area contributed by atoms with Crippen LogP contribution in [0.25, 0.3) is 0 Å². The van der Waals surface area contributed by atoms with Crippen LogP contribution in [0, 0.1) is 0 Å². The van der Waals surface area contributed by atoms with E-state index in [1.165, 1.54) is 11.3 Å². The second-order valence-electron chi connectivity index (χ2n) is 3.98. The molecule has 0 atom stereocenters. The van der Waals surface area contributed by atoms with Gasteiger partial charge in [-0.1, -0.05) is 18.2 Å². The molecule has 2 aromatic rings. The quantitative estimate of drug-likeness (QED) is 0.857. The number of amides is 1. The zero-order chi connectivity index (χ0) is 14.4. The van der Waals surface area contributed by atoms with Crippen molar-refractivity contribution in [2.24, 2.45) is 0 Å². The fourth-order valence-corrected chi connectivity index (χ4v) is 2.30. The molecule has 0 spiro atoms. The number of anilines is 1. The highest BCUT2D eigenvalue weighted by atomic mass is 32.1. The predicted molar refractivity (Wildman–Crippen MR) is 76.2 cm³/mol. The first-order chi connectivity index (χ1) is 9.65. The van der Waals surface area contributed by atoms with E-state index in [0.717, 1.165) is 4.88 Å². The molecule has 20 heavy (non-hydrogen) atoms. The summed E-state index contributed by atoms with van der Waals surface area (Å²) in [4.78, 5) is 23.4. The molecular weight excluding hydrogens is 278 g/mol. The van der Waals surface area contributed by atoms with Gasteiger partial charge < -0.3 is 15.2 Å². The maximum absolute atomic E-state index is 11.9. The number of carboxylic acids is 1. The van der Waals surface area contributed by atoms with Gasteiger partial charge in [0, 0.05) is 4.88 Å². The molecule has 104 valence electrons. The topological polar surface area (TPSA) is 75.6 Å². The van der Waals surface area contributed by atoms with Crippen LogP contribution in [0.1, 0.15) is 4.88 Å². The van der Waals surface area contributed by atoms with E-state index in [1.54, 1.807) is 24.3 Å². The molecular formula is C14H13NO4S. The Morgan fingerprint density at radius 2 is 2.00 bits per heavy atom. The van der Waals surface area contributed by atoms with Crippen LogP contribution in [-0.4, -0.2) is 23.6 Å². The molecule has 1 aromatic carbocycles. The largest absolute Gasteiger partial charge is 0.480 e. The van der Waals surface area contributed by atoms with Crippen molar-refractivity contribution < 1.29 is 19.4 Å². The van der Waals surface area contributed by atoms with Crippen molar-refractivity contribution in [1.82, 2.24) is 0 Å². The summed E-state index contributed by atoms with van der Waals surface area (Å²) in [6.07, 6.45) is 0.283. The van der Waals surface area contributed by atoms with Gasteiger partial charge in [-0.3, -0.25) is 4.79 Å². The maximum atomic E-state index is 11.9. The number of benzene rings is 1. The molecule has 0 aliphatic carbocycles. The van der Waals surface area contributed by atoms with Gasteiger partial charge >= 0.3 is 5.97 Å². The molecule has 0 aliphatic rings. The van der Waals surface area contributed by atoms with Crippen LogP contribution in [-0.2, 0) is 16.0 Å². The highest BCUT2D eigenvalue weighted by Gasteiger charge is 2.09. The van der Waals surface area contributed by atoms with Gasteiger partial charge in [-0.25, -0.2) is 4.79 Å². The van der Waals surface area contributed by atoms with E-state index in [2.05, 4.69) is 5.32 Å². The Labute approximate surface area is 119 Å². The van der Waals surface area contributed by atoms with Crippen LogP contribution in [0.2, 0.25) is 0 Å². The number of carbonyl (C=O) groups excluding carboxylic acids is 1. The Hall–Kier alpha value is -2.34. The van der Waals surface area contributed by atoms with Crippen LogP contribution in [0.3, 0.4) is 0 Å². The van der Waals surface area contributed by atoms with Crippen molar-refractivity contribution in [1.29, 1.82) is 0 Å². The summed E-state index contributed by atoms with van der Waals surface area (Å²) >= 11 is 1.51. The van der Waals surface area contributed by atoms with Gasteiger partial charge in [0.1, 0.15) is 5.75 Å². The number of rotatable bonds is 6. The van der Waals surface area contributed by atoms with E-state index in [1.807, 2.05) is 17.5 Å². The summed E-state index contributed by atoms with van der Waals surface area (Å²) in [5.41, 5.74) is 0.468. The minimum atomic E-state index is -1.07. The maximum Gasteiger partial charge on any atom is 0.341 e. The summed E-state index contributed by atoms with van der Waals surface area (Å²) < 4.78 is 5.12. The van der Waals surface area contributed by atoms with Gasteiger partial charge in [-0.2, -0.15) is 0 Å². The SMILES string of the molecule is O=C(O)COc1ccccc1NC(=O)Cc1cccs1. The van der Waals surface area contributed by atoms with E-state index in [4.69, 9.17) is 9.84 Å². The number of nitrogens with one attached hydrogen (secondary N) is 1. The zero-order valence-electron chi connectivity index (χ0n) is 10.5. The monoisotopic (exact) mass is 291 g/mol. The smallest absolute Gasteiger partial charge is 0.341 e. The minimum Gasteiger partial charge on any atom is -0.480 e. The van der Waals surface area contributed by atoms with Gasteiger partial charge in [0.15, 0.2) is 6.61 Å². The van der Waals surface area contributed by atoms with E-state index >= 15 is 0 Å². The second kappa shape index (κ2) is 6.72. The molecule has 2 N–H and O–H groups in total. The third-order valence-electron chi connectivity index (χ3n) is 2.43. The molecule has 0 radical (unpaired) electrons. The van der Waals surface area contributed by atoms with Crippen molar-refractivity contribution in [2.75, 3.05) is 11.9 Å². The number of carbonyl (C=O) groups is 2. The number of carboxylic acid groups (broad SMARTS) is 1. The highest BCUT2D eigenvalue weighted by Crippen LogP contribution is 2.24. The molecule has 6 heteroatoms. The van der Waals surface area contributed by atoms with Crippen molar-refractivity contribution in [3.8, 4) is 5.75 Å². The Morgan fingerprint density at radius 1 is 1.20 bits per heavy atom. The van der Waals surface area contributed by atoms with Crippen LogP contribution in [0.15, 0.2) is 41.8 Å². The van der Waals surface area contributed by atoms with Gasteiger partial charge in [-0.15, -0.1) is 11.3 Å². The summed E-state index contributed by atoms with van der Waals surface area (Å²) in [6.45, 7) is -0.447. The van der Waals surface area contributed by atoms with Crippen molar-refractivity contribution >= 4 is 28.9 Å². The molecule has 1 amide bonds. The molecule has 2 rings (SSSR count). The van der Waals surface area contributed by atoms with Crippen molar-refractivity contribution in [2.45, 2.75) is 6.42 Å². The lowest BCUT2D eigenvalue weighted by atomic mass is 10.2. The predicted octanol–water partition coefficient (Wildman–Crippen LogP) is 2.39. The first-order valence-corrected chi connectivity index (χ1v) is 6.79. The lowest BCUT2D eigenvalue weighted by Gasteiger charge is -2.10. The Bertz CT molecular complexity index is 595. The molecule has 0 saturated carbocycles. The zero-order valence-corrected chi connectivity index (χ0v) is 11.4. The summed E-state index contributed by atoms with van der Waals surface area (Å²) in [7, 11) is 0. The third kappa shape index (κ3) is 4.10. The number of hydrogen-bond donors (Lipinski definition) is 2. The summed E-state index contributed by atoms with van der Waals surface area (Å²) in [5.74, 6) is -0.891. The first kappa shape index (κ1) is 14.1. The third-order valence-corrected chi connectivity index (χ3v) is 3.30. The van der Waals surface area contributed by atoms with E-state index < -0.39 is 12.6 Å². The van der Waals surface area contributed by atoms with Gasteiger partial charge in [0.25, 0.3) is 0 Å². The number of ether oxygens (including phenoxy) is 1. The Morgan fingerprint density at radius 3 is 2.70 bits per heavy atom. The molecule has 1 heterocycles. The van der Waals surface area contributed by atoms with E-state index in [-0.39, 0.29) is 12.3 Å². The van der Waals surface area contributed by atoms with Crippen molar-refractivity contribution in [3.05, 3.63) is 46.7 Å². The van der Waals surface area contributed by atoms with E-state index in [0.29, 0.717) is 11.4 Å². The number of aliphatic carboxylic acids is 1.